The maximum Gasteiger partial charge on any atom is 0.243 e. The number of nitrogens with zero attached hydrogens (tertiary/aromatic N) is 1. The first kappa shape index (κ1) is 29.0. The van der Waals surface area contributed by atoms with Gasteiger partial charge in [0.1, 0.15) is 11.9 Å². The third kappa shape index (κ3) is 9.06. The summed E-state index contributed by atoms with van der Waals surface area (Å²) in [6.07, 6.45) is 1.14. The van der Waals surface area contributed by atoms with Gasteiger partial charge in [0.25, 0.3) is 0 Å². The van der Waals surface area contributed by atoms with Crippen molar-refractivity contribution < 1.29 is 14.0 Å². The van der Waals surface area contributed by atoms with E-state index in [0.29, 0.717) is 22.2 Å². The topological polar surface area (TPSA) is 49.4 Å². The minimum atomic E-state index is -0.723. The number of carbonyl (C=O) groups excluding carboxylic acids is 2. The van der Waals surface area contributed by atoms with Gasteiger partial charge in [0.05, 0.1) is 15.8 Å². The van der Waals surface area contributed by atoms with Crippen LogP contribution in [0.4, 0.5) is 4.39 Å². The lowest BCUT2D eigenvalue weighted by Crippen LogP contribution is -2.52. The zero-order valence-corrected chi connectivity index (χ0v) is 23.3. The average molecular weight is 562 g/mol. The van der Waals surface area contributed by atoms with Crippen molar-refractivity contribution >= 4 is 46.8 Å². The maximum absolute atomic E-state index is 13.6. The van der Waals surface area contributed by atoms with Gasteiger partial charge in [0.15, 0.2) is 0 Å². The smallest absolute Gasteiger partial charge is 0.243 e. The van der Waals surface area contributed by atoms with Crippen molar-refractivity contribution in [3.63, 3.8) is 0 Å². The van der Waals surface area contributed by atoms with Gasteiger partial charge in [-0.1, -0.05) is 78.7 Å². The maximum atomic E-state index is 13.6. The molecule has 0 aliphatic carbocycles. The van der Waals surface area contributed by atoms with Crippen LogP contribution in [-0.4, -0.2) is 34.6 Å². The molecule has 0 aliphatic heterocycles. The van der Waals surface area contributed by atoms with Crippen LogP contribution in [0, 0.1) is 5.82 Å². The van der Waals surface area contributed by atoms with Crippen molar-refractivity contribution in [2.75, 3.05) is 5.75 Å². The van der Waals surface area contributed by atoms with Crippen molar-refractivity contribution in [2.24, 2.45) is 0 Å². The van der Waals surface area contributed by atoms with E-state index in [4.69, 9.17) is 23.2 Å². The third-order valence-electron chi connectivity index (χ3n) is 6.02. The lowest BCUT2D eigenvalue weighted by atomic mass is 10.0. The van der Waals surface area contributed by atoms with E-state index in [1.165, 1.54) is 23.9 Å². The van der Waals surface area contributed by atoms with Gasteiger partial charge in [-0.05, 0) is 54.3 Å². The second kappa shape index (κ2) is 14.4. The fraction of sp³-hybridized carbons (Fsp3) is 0.310. The summed E-state index contributed by atoms with van der Waals surface area (Å²) in [7, 11) is 0. The highest BCUT2D eigenvalue weighted by Crippen LogP contribution is 2.25. The Morgan fingerprint density at radius 2 is 1.62 bits per heavy atom. The monoisotopic (exact) mass is 560 g/mol. The number of rotatable bonds is 12. The molecule has 2 atom stereocenters. The molecule has 1 N–H and O–H groups in total. The van der Waals surface area contributed by atoms with Gasteiger partial charge in [-0.2, -0.15) is 0 Å². The van der Waals surface area contributed by atoms with E-state index in [1.807, 2.05) is 50.2 Å². The Bertz CT molecular complexity index is 1180. The normalized spacial score (nSPS) is 12.6. The Kier molecular flexibility index (Phi) is 11.3. The third-order valence-corrected chi connectivity index (χ3v) is 7.74. The Balaban J connectivity index is 1.84. The van der Waals surface area contributed by atoms with Crippen molar-refractivity contribution in [3.05, 3.63) is 105 Å². The molecule has 0 heterocycles. The van der Waals surface area contributed by atoms with Gasteiger partial charge in [0.2, 0.25) is 11.8 Å². The molecule has 0 bridgehead atoms. The molecule has 2 amide bonds. The number of thioether (sulfide) groups is 1. The number of nitrogens with one attached hydrogen (secondary N) is 1. The summed E-state index contributed by atoms with van der Waals surface area (Å²) in [5, 5.41) is 3.99. The van der Waals surface area contributed by atoms with E-state index in [2.05, 4.69) is 5.32 Å². The number of benzene rings is 3. The lowest BCUT2D eigenvalue weighted by Gasteiger charge is -2.32. The van der Waals surface area contributed by atoms with Gasteiger partial charge in [-0.3, -0.25) is 9.59 Å². The summed E-state index contributed by atoms with van der Waals surface area (Å²) >= 11 is 13.6. The summed E-state index contributed by atoms with van der Waals surface area (Å²) in [5.74, 6) is 0.00519. The van der Waals surface area contributed by atoms with Crippen LogP contribution in [0.25, 0.3) is 0 Å². The molecule has 4 nitrogen and oxygen atoms in total. The van der Waals surface area contributed by atoms with Crippen LogP contribution in [0.3, 0.4) is 0 Å². The highest BCUT2D eigenvalue weighted by Gasteiger charge is 2.30. The summed E-state index contributed by atoms with van der Waals surface area (Å²) < 4.78 is 13.6. The van der Waals surface area contributed by atoms with Crippen LogP contribution in [0.15, 0.2) is 72.8 Å². The Morgan fingerprint density at radius 3 is 2.27 bits per heavy atom. The Hall–Kier alpha value is -2.54. The molecule has 0 saturated heterocycles. The largest absolute Gasteiger partial charge is 0.352 e. The number of carbonyl (C=O) groups is 2. The van der Waals surface area contributed by atoms with Crippen molar-refractivity contribution in [1.82, 2.24) is 10.2 Å². The molecule has 0 aromatic heterocycles. The Morgan fingerprint density at radius 1 is 0.946 bits per heavy atom. The van der Waals surface area contributed by atoms with Gasteiger partial charge in [-0.25, -0.2) is 4.39 Å². The summed E-state index contributed by atoms with van der Waals surface area (Å²) in [6, 6.07) is 20.3. The highest BCUT2D eigenvalue weighted by atomic mass is 35.5. The van der Waals surface area contributed by atoms with Crippen molar-refractivity contribution in [1.29, 1.82) is 0 Å². The first-order valence-corrected chi connectivity index (χ1v) is 14.1. The van der Waals surface area contributed by atoms with Crippen LogP contribution in [0.2, 0.25) is 10.0 Å². The van der Waals surface area contributed by atoms with Crippen LogP contribution in [0.5, 0.6) is 0 Å². The van der Waals surface area contributed by atoms with Gasteiger partial charge in [-0.15, -0.1) is 11.8 Å². The quantitative estimate of drug-likeness (QED) is 0.261. The van der Waals surface area contributed by atoms with Crippen LogP contribution < -0.4 is 5.32 Å². The number of halogens is 3. The second-order valence-electron chi connectivity index (χ2n) is 8.91. The SMILES string of the molecule is CC[C@H](C)NC(=O)[C@H](Cc1ccccc1)N(Cc1ccc(F)cc1)C(=O)CSCc1ccc(Cl)c(Cl)c1. The van der Waals surface area contributed by atoms with Crippen LogP contribution in [0.1, 0.15) is 37.0 Å². The van der Waals surface area contributed by atoms with E-state index in [9.17, 15) is 14.0 Å². The van der Waals surface area contributed by atoms with Crippen molar-refractivity contribution in [3.8, 4) is 0 Å². The van der Waals surface area contributed by atoms with E-state index in [-0.39, 0.29) is 36.0 Å². The number of hydrogen-bond donors (Lipinski definition) is 1. The second-order valence-corrected chi connectivity index (χ2v) is 10.7. The van der Waals surface area contributed by atoms with Crippen LogP contribution >= 0.6 is 35.0 Å². The van der Waals surface area contributed by atoms with E-state index in [1.54, 1.807) is 29.2 Å². The summed E-state index contributed by atoms with van der Waals surface area (Å²) in [6.45, 7) is 4.13. The molecule has 3 aromatic carbocycles. The van der Waals surface area contributed by atoms with E-state index >= 15 is 0 Å². The molecule has 0 radical (unpaired) electrons. The first-order chi connectivity index (χ1) is 17.8. The molecular formula is C29H31Cl2FN2O2S. The first-order valence-electron chi connectivity index (χ1n) is 12.2. The molecule has 0 unspecified atom stereocenters. The zero-order chi connectivity index (χ0) is 26.8. The lowest BCUT2D eigenvalue weighted by molar-refractivity contribution is -0.139. The molecule has 37 heavy (non-hydrogen) atoms. The molecule has 196 valence electrons. The van der Waals surface area contributed by atoms with E-state index < -0.39 is 6.04 Å². The minimum Gasteiger partial charge on any atom is -0.352 e. The fourth-order valence-electron chi connectivity index (χ4n) is 3.75. The molecular weight excluding hydrogens is 530 g/mol. The molecule has 8 heteroatoms. The van der Waals surface area contributed by atoms with Gasteiger partial charge in [0, 0.05) is 24.8 Å². The highest BCUT2D eigenvalue weighted by molar-refractivity contribution is 7.99. The average Bonchev–Trinajstić information content (AvgIpc) is 2.89. The summed E-state index contributed by atoms with van der Waals surface area (Å²) in [5.41, 5.74) is 2.65. The zero-order valence-electron chi connectivity index (χ0n) is 20.9. The summed E-state index contributed by atoms with van der Waals surface area (Å²) in [4.78, 5) is 28.7. The predicted molar refractivity (Wildman–Crippen MR) is 151 cm³/mol. The molecule has 0 saturated carbocycles. The van der Waals surface area contributed by atoms with E-state index in [0.717, 1.165) is 23.1 Å². The standard InChI is InChI=1S/C29H31Cl2FN2O2S/c1-3-20(2)33-29(36)27(16-21-7-5-4-6-8-21)34(17-22-9-12-24(32)13-10-22)28(35)19-37-18-23-11-14-25(30)26(31)15-23/h4-15,20,27H,3,16-19H2,1-2H3,(H,33,36)/t20-,27-/m0/s1. The number of hydrogen-bond acceptors (Lipinski definition) is 3. The molecule has 0 spiro atoms. The number of amides is 2. The predicted octanol–water partition coefficient (Wildman–Crippen LogP) is 6.92. The molecule has 3 aromatic rings. The van der Waals surface area contributed by atoms with Gasteiger partial charge < -0.3 is 10.2 Å². The fourth-order valence-corrected chi connectivity index (χ4v) is 4.93. The Labute approximate surface area is 232 Å². The molecule has 0 fully saturated rings. The van der Waals surface area contributed by atoms with Crippen LogP contribution in [-0.2, 0) is 28.3 Å². The minimum absolute atomic E-state index is 0.0300. The molecule has 3 rings (SSSR count). The van der Waals surface area contributed by atoms with Gasteiger partial charge >= 0.3 is 0 Å². The van der Waals surface area contributed by atoms with Crippen molar-refractivity contribution in [2.45, 2.75) is 51.1 Å². The molecule has 0 aliphatic rings.